The molecule has 2 saturated heterocycles. The van der Waals surface area contributed by atoms with E-state index in [1.54, 1.807) is 29.2 Å². The van der Waals surface area contributed by atoms with Gasteiger partial charge in [-0.3, -0.25) is 14.5 Å². The molecule has 0 unspecified atom stereocenters. The average molecular weight is 482 g/mol. The fourth-order valence-corrected chi connectivity index (χ4v) is 5.33. The Hall–Kier alpha value is -3.62. The predicted octanol–water partition coefficient (Wildman–Crippen LogP) is 3.24. The van der Waals surface area contributed by atoms with E-state index in [1.807, 2.05) is 13.0 Å². The van der Waals surface area contributed by atoms with Gasteiger partial charge in [0.15, 0.2) is 11.5 Å². The zero-order valence-electron chi connectivity index (χ0n) is 19.6. The van der Waals surface area contributed by atoms with E-state index in [4.69, 9.17) is 9.47 Å². The molecule has 1 N–H and O–H groups in total. The molecule has 2 aromatic rings. The smallest absolute Gasteiger partial charge is 0.325 e. The first kappa shape index (κ1) is 23.1. The first-order valence-corrected chi connectivity index (χ1v) is 11.9. The number of ether oxygens (including phenoxy) is 2. The van der Waals surface area contributed by atoms with Crippen LogP contribution < -0.4 is 14.8 Å². The van der Waals surface area contributed by atoms with Crippen LogP contribution in [0, 0.1) is 11.7 Å². The highest BCUT2D eigenvalue weighted by molar-refractivity contribution is 6.07. The van der Waals surface area contributed by atoms with Crippen molar-refractivity contribution in [2.75, 3.05) is 19.9 Å². The van der Waals surface area contributed by atoms with Gasteiger partial charge >= 0.3 is 6.03 Å². The summed E-state index contributed by atoms with van der Waals surface area (Å²) in [6.07, 6.45) is 1.92. The number of nitrogens with zero attached hydrogens (tertiary/aromatic N) is 2. The quantitative estimate of drug-likeness (QED) is 0.640. The highest BCUT2D eigenvalue weighted by Crippen LogP contribution is 2.38. The van der Waals surface area contributed by atoms with Gasteiger partial charge in [-0.2, -0.15) is 0 Å². The minimum absolute atomic E-state index is 0.0215. The number of nitrogens with one attached hydrogen (secondary N) is 1. The Morgan fingerprint density at radius 1 is 1.06 bits per heavy atom. The Labute approximate surface area is 203 Å². The molecule has 2 fully saturated rings. The van der Waals surface area contributed by atoms with E-state index in [9.17, 15) is 18.8 Å². The summed E-state index contributed by atoms with van der Waals surface area (Å²) in [5, 5.41) is 2.99. The third-order valence-corrected chi connectivity index (χ3v) is 7.35. The van der Waals surface area contributed by atoms with Crippen molar-refractivity contribution in [2.45, 2.75) is 44.7 Å². The van der Waals surface area contributed by atoms with Crippen molar-refractivity contribution in [1.29, 1.82) is 0 Å². The van der Waals surface area contributed by atoms with E-state index in [0.717, 1.165) is 11.1 Å². The topological polar surface area (TPSA) is 88.2 Å². The number of benzene rings is 2. The number of carbonyl (C=O) groups is 3. The summed E-state index contributed by atoms with van der Waals surface area (Å²) >= 11 is 0. The van der Waals surface area contributed by atoms with Crippen molar-refractivity contribution < 1.29 is 28.2 Å². The molecule has 35 heavy (non-hydrogen) atoms. The molecule has 8 nitrogen and oxygen atoms in total. The third kappa shape index (κ3) is 4.31. The number of amides is 4. The number of halogens is 1. The highest BCUT2D eigenvalue weighted by atomic mass is 19.1. The Morgan fingerprint density at radius 3 is 2.46 bits per heavy atom. The second-order valence-electron chi connectivity index (χ2n) is 9.29. The maximum Gasteiger partial charge on any atom is 0.325 e. The molecule has 0 aliphatic carbocycles. The summed E-state index contributed by atoms with van der Waals surface area (Å²) in [4.78, 5) is 42.3. The van der Waals surface area contributed by atoms with E-state index in [0.29, 0.717) is 43.9 Å². The predicted molar refractivity (Wildman–Crippen MR) is 124 cm³/mol. The van der Waals surface area contributed by atoms with E-state index in [-0.39, 0.29) is 43.3 Å². The molecule has 0 spiro atoms. The van der Waals surface area contributed by atoms with Crippen LogP contribution in [-0.4, -0.2) is 53.1 Å². The van der Waals surface area contributed by atoms with E-state index in [2.05, 4.69) is 5.32 Å². The lowest BCUT2D eigenvalue weighted by atomic mass is 9.75. The number of fused-ring (bicyclic) bond motifs is 1. The van der Waals surface area contributed by atoms with E-state index >= 15 is 0 Å². The summed E-state index contributed by atoms with van der Waals surface area (Å²) in [5.74, 6) is 0.609. The largest absolute Gasteiger partial charge is 0.454 e. The molecule has 1 atom stereocenters. The highest BCUT2D eigenvalue weighted by Gasteiger charge is 2.54. The molecule has 3 aliphatic heterocycles. The standard InChI is InChI=1S/C26H28FN3O5/c1-2-26(19-9-11-29(12-10-19)23(31)14-17-3-6-20(27)7-4-17)24(32)30(25(33)28-26)15-18-5-8-21-22(13-18)35-16-34-21/h3-8,13,19H,2,9-12,14-16H2,1H3,(H,28,33)/t26-/m1/s1. The van der Waals surface area contributed by atoms with Crippen LogP contribution in [0.5, 0.6) is 11.5 Å². The van der Waals surface area contributed by atoms with Crippen LogP contribution in [0.4, 0.5) is 9.18 Å². The number of hydrogen-bond donors (Lipinski definition) is 1. The zero-order valence-corrected chi connectivity index (χ0v) is 19.6. The van der Waals surface area contributed by atoms with Gasteiger partial charge in [0, 0.05) is 13.1 Å². The Morgan fingerprint density at radius 2 is 1.74 bits per heavy atom. The number of imide groups is 1. The van der Waals surface area contributed by atoms with Crippen LogP contribution >= 0.6 is 0 Å². The lowest BCUT2D eigenvalue weighted by Gasteiger charge is -2.40. The monoisotopic (exact) mass is 481 g/mol. The van der Waals surface area contributed by atoms with Gasteiger partial charge in [0.25, 0.3) is 5.91 Å². The van der Waals surface area contributed by atoms with E-state index < -0.39 is 11.6 Å². The third-order valence-electron chi connectivity index (χ3n) is 7.35. The summed E-state index contributed by atoms with van der Waals surface area (Å²) in [6.45, 7) is 3.24. The molecule has 3 aliphatic rings. The second-order valence-corrected chi connectivity index (χ2v) is 9.29. The van der Waals surface area contributed by atoms with Gasteiger partial charge in [-0.05, 0) is 60.6 Å². The molecule has 0 radical (unpaired) electrons. The number of likely N-dealkylation sites (tertiary alicyclic amines) is 1. The van der Waals surface area contributed by atoms with Gasteiger partial charge in [-0.15, -0.1) is 0 Å². The summed E-state index contributed by atoms with van der Waals surface area (Å²) in [7, 11) is 0. The normalized spacial score (nSPS) is 22.0. The van der Waals surface area contributed by atoms with Crippen LogP contribution in [0.2, 0.25) is 0 Å². The fourth-order valence-electron chi connectivity index (χ4n) is 5.33. The molecule has 184 valence electrons. The average Bonchev–Trinajstić information content (AvgIpc) is 3.43. The Bertz CT molecular complexity index is 1150. The van der Waals surface area contributed by atoms with Gasteiger partial charge in [-0.1, -0.05) is 25.1 Å². The molecule has 4 amide bonds. The summed E-state index contributed by atoms with van der Waals surface area (Å²) in [6, 6.07) is 10.9. The lowest BCUT2D eigenvalue weighted by molar-refractivity contribution is -0.136. The number of rotatable bonds is 6. The Balaban J connectivity index is 1.23. The van der Waals surface area contributed by atoms with Gasteiger partial charge in [0.1, 0.15) is 11.4 Å². The van der Waals surface area contributed by atoms with Crippen molar-refractivity contribution in [3.63, 3.8) is 0 Å². The molecule has 5 rings (SSSR count). The number of carbonyl (C=O) groups excluding carboxylic acids is 3. The van der Waals surface area contributed by atoms with Gasteiger partial charge in [0.05, 0.1) is 13.0 Å². The SMILES string of the molecule is CC[C@]1(C2CCN(C(=O)Cc3ccc(F)cc3)CC2)NC(=O)N(Cc2ccc3c(c2)OCO3)C1=O. The van der Waals surface area contributed by atoms with Crippen molar-refractivity contribution in [3.05, 3.63) is 59.4 Å². The fraction of sp³-hybridized carbons (Fsp3) is 0.423. The van der Waals surface area contributed by atoms with Crippen LogP contribution in [0.3, 0.4) is 0 Å². The minimum Gasteiger partial charge on any atom is -0.454 e. The van der Waals surface area contributed by atoms with Crippen molar-refractivity contribution >= 4 is 17.8 Å². The summed E-state index contributed by atoms with van der Waals surface area (Å²) in [5.41, 5.74) is 0.575. The minimum atomic E-state index is -0.973. The number of urea groups is 1. The molecule has 0 saturated carbocycles. The molecule has 3 heterocycles. The van der Waals surface area contributed by atoms with Crippen molar-refractivity contribution in [3.8, 4) is 11.5 Å². The molecule has 0 bridgehead atoms. The Kier molecular flexibility index (Phi) is 6.08. The molecular weight excluding hydrogens is 453 g/mol. The van der Waals surface area contributed by atoms with Gasteiger partial charge in [0.2, 0.25) is 12.7 Å². The zero-order chi connectivity index (χ0) is 24.6. The number of hydrogen-bond acceptors (Lipinski definition) is 5. The molecule has 0 aromatic heterocycles. The molecule has 9 heteroatoms. The van der Waals surface area contributed by atoms with Gasteiger partial charge in [-0.25, -0.2) is 9.18 Å². The van der Waals surface area contributed by atoms with Crippen LogP contribution in [0.15, 0.2) is 42.5 Å². The van der Waals surface area contributed by atoms with E-state index in [1.165, 1.54) is 17.0 Å². The van der Waals surface area contributed by atoms with Crippen LogP contribution in [0.25, 0.3) is 0 Å². The molecule has 2 aromatic carbocycles. The maximum atomic E-state index is 13.6. The van der Waals surface area contributed by atoms with Crippen LogP contribution in [0.1, 0.15) is 37.3 Å². The first-order chi connectivity index (χ1) is 16.9. The van der Waals surface area contributed by atoms with Crippen LogP contribution in [-0.2, 0) is 22.6 Å². The van der Waals surface area contributed by atoms with Crippen molar-refractivity contribution in [2.24, 2.45) is 5.92 Å². The summed E-state index contributed by atoms with van der Waals surface area (Å²) < 4.78 is 23.9. The van der Waals surface area contributed by atoms with Crippen molar-refractivity contribution in [1.82, 2.24) is 15.1 Å². The van der Waals surface area contributed by atoms with Gasteiger partial charge < -0.3 is 19.7 Å². The molecular formula is C26H28FN3O5. The second kappa shape index (κ2) is 9.20. The maximum absolute atomic E-state index is 13.6. The first-order valence-electron chi connectivity index (χ1n) is 11.9. The number of piperidine rings is 1. The lowest BCUT2D eigenvalue weighted by Crippen LogP contribution is -2.56.